The highest BCUT2D eigenvalue weighted by molar-refractivity contribution is 4.81. The van der Waals surface area contributed by atoms with Crippen LogP contribution in [0.5, 0.6) is 0 Å². The standard InChI is InChI=1S/C14H30N2O/c1-6-13(2)17-12-11-15-7-9-16(10-8-15)14(3,4)5/h13H,6-12H2,1-5H3. The molecule has 102 valence electrons. The van der Waals surface area contributed by atoms with E-state index in [9.17, 15) is 0 Å². The van der Waals surface area contributed by atoms with Crippen molar-refractivity contribution in [3.8, 4) is 0 Å². The van der Waals surface area contributed by atoms with Crippen LogP contribution in [0.4, 0.5) is 0 Å². The van der Waals surface area contributed by atoms with Crippen LogP contribution in [0.2, 0.25) is 0 Å². The third-order valence-corrected chi connectivity index (χ3v) is 3.71. The monoisotopic (exact) mass is 242 g/mol. The lowest BCUT2D eigenvalue weighted by atomic mass is 10.1. The van der Waals surface area contributed by atoms with Crippen LogP contribution in [0.3, 0.4) is 0 Å². The second-order valence-corrected chi connectivity index (χ2v) is 6.09. The SMILES string of the molecule is CCC(C)OCCN1CCN(C(C)(C)C)CC1. The van der Waals surface area contributed by atoms with Crippen molar-refractivity contribution in [3.63, 3.8) is 0 Å². The van der Waals surface area contributed by atoms with Crippen LogP contribution in [0, 0.1) is 0 Å². The average molecular weight is 242 g/mol. The quantitative estimate of drug-likeness (QED) is 0.735. The van der Waals surface area contributed by atoms with E-state index in [4.69, 9.17) is 4.74 Å². The second kappa shape index (κ2) is 6.72. The normalized spacial score (nSPS) is 21.7. The topological polar surface area (TPSA) is 15.7 Å². The van der Waals surface area contributed by atoms with Crippen molar-refractivity contribution in [2.24, 2.45) is 0 Å². The van der Waals surface area contributed by atoms with Crippen molar-refractivity contribution >= 4 is 0 Å². The maximum absolute atomic E-state index is 5.73. The van der Waals surface area contributed by atoms with Crippen LogP contribution in [-0.2, 0) is 4.74 Å². The van der Waals surface area contributed by atoms with E-state index in [2.05, 4.69) is 44.4 Å². The molecular formula is C14H30N2O. The largest absolute Gasteiger partial charge is 0.377 e. The molecule has 0 spiro atoms. The number of hydrogen-bond donors (Lipinski definition) is 0. The van der Waals surface area contributed by atoms with E-state index in [1.54, 1.807) is 0 Å². The first kappa shape index (κ1) is 14.9. The molecule has 0 aromatic carbocycles. The molecule has 1 saturated heterocycles. The van der Waals surface area contributed by atoms with Gasteiger partial charge in [-0.25, -0.2) is 0 Å². The predicted octanol–water partition coefficient (Wildman–Crippen LogP) is 2.22. The van der Waals surface area contributed by atoms with Gasteiger partial charge in [-0.1, -0.05) is 6.92 Å². The Kier molecular flexibility index (Phi) is 5.90. The average Bonchev–Trinajstić information content (AvgIpc) is 2.28. The lowest BCUT2D eigenvalue weighted by Crippen LogP contribution is -2.53. The van der Waals surface area contributed by atoms with Crippen LogP contribution in [0.15, 0.2) is 0 Å². The fourth-order valence-electron chi connectivity index (χ4n) is 2.14. The van der Waals surface area contributed by atoms with E-state index in [1.807, 2.05) is 0 Å². The summed E-state index contributed by atoms with van der Waals surface area (Å²) in [6, 6.07) is 0. The van der Waals surface area contributed by atoms with Crippen LogP contribution in [-0.4, -0.2) is 60.8 Å². The number of ether oxygens (including phenoxy) is 1. The summed E-state index contributed by atoms with van der Waals surface area (Å²) in [5, 5.41) is 0. The van der Waals surface area contributed by atoms with Gasteiger partial charge in [-0.05, 0) is 34.1 Å². The Morgan fingerprint density at radius 3 is 2.18 bits per heavy atom. The Hall–Kier alpha value is -0.120. The lowest BCUT2D eigenvalue weighted by Gasteiger charge is -2.42. The minimum atomic E-state index is 0.319. The summed E-state index contributed by atoms with van der Waals surface area (Å²) in [6.07, 6.45) is 1.52. The highest BCUT2D eigenvalue weighted by atomic mass is 16.5. The Balaban J connectivity index is 2.15. The Labute approximate surface area is 107 Å². The lowest BCUT2D eigenvalue weighted by molar-refractivity contribution is 0.0202. The summed E-state index contributed by atoms with van der Waals surface area (Å²) in [7, 11) is 0. The molecule has 0 saturated carbocycles. The van der Waals surface area contributed by atoms with Gasteiger partial charge in [0.15, 0.2) is 0 Å². The van der Waals surface area contributed by atoms with E-state index in [0.29, 0.717) is 11.6 Å². The molecule has 0 N–H and O–H groups in total. The number of rotatable bonds is 5. The van der Waals surface area contributed by atoms with E-state index in [0.717, 1.165) is 19.6 Å². The van der Waals surface area contributed by atoms with Gasteiger partial charge in [0.1, 0.15) is 0 Å². The number of hydrogen-bond acceptors (Lipinski definition) is 3. The molecule has 3 nitrogen and oxygen atoms in total. The summed E-state index contributed by atoms with van der Waals surface area (Å²) in [4.78, 5) is 5.09. The molecule has 1 fully saturated rings. The van der Waals surface area contributed by atoms with Crippen molar-refractivity contribution in [3.05, 3.63) is 0 Å². The van der Waals surface area contributed by atoms with Gasteiger partial charge in [-0.15, -0.1) is 0 Å². The molecule has 1 aliphatic heterocycles. The predicted molar refractivity (Wildman–Crippen MR) is 73.5 cm³/mol. The molecule has 0 amide bonds. The molecule has 1 aliphatic rings. The van der Waals surface area contributed by atoms with Gasteiger partial charge in [-0.3, -0.25) is 9.80 Å². The third-order valence-electron chi connectivity index (χ3n) is 3.71. The van der Waals surface area contributed by atoms with E-state index in [1.165, 1.54) is 26.2 Å². The van der Waals surface area contributed by atoms with E-state index in [-0.39, 0.29) is 0 Å². The first-order chi connectivity index (χ1) is 7.93. The zero-order valence-corrected chi connectivity index (χ0v) is 12.3. The number of nitrogens with zero attached hydrogens (tertiary/aromatic N) is 2. The fourth-order valence-corrected chi connectivity index (χ4v) is 2.14. The molecule has 0 radical (unpaired) electrons. The van der Waals surface area contributed by atoms with Gasteiger partial charge < -0.3 is 4.74 Å². The summed E-state index contributed by atoms with van der Waals surface area (Å²) < 4.78 is 5.73. The molecule has 0 aromatic heterocycles. The first-order valence-corrected chi connectivity index (χ1v) is 7.02. The van der Waals surface area contributed by atoms with E-state index >= 15 is 0 Å². The number of piperazine rings is 1. The zero-order chi connectivity index (χ0) is 12.9. The molecule has 17 heavy (non-hydrogen) atoms. The van der Waals surface area contributed by atoms with Crippen LogP contribution in [0.1, 0.15) is 41.0 Å². The molecule has 1 rings (SSSR count). The van der Waals surface area contributed by atoms with Crippen molar-refractivity contribution < 1.29 is 4.74 Å². The summed E-state index contributed by atoms with van der Waals surface area (Å²) in [5.41, 5.74) is 0.319. The molecule has 1 heterocycles. The van der Waals surface area contributed by atoms with Crippen LogP contribution in [0.25, 0.3) is 0 Å². The van der Waals surface area contributed by atoms with Gasteiger partial charge in [0.05, 0.1) is 12.7 Å². The Bertz CT molecular complexity index is 205. The first-order valence-electron chi connectivity index (χ1n) is 7.02. The molecule has 0 aliphatic carbocycles. The minimum absolute atomic E-state index is 0.319. The maximum Gasteiger partial charge on any atom is 0.0597 e. The van der Waals surface area contributed by atoms with Crippen molar-refractivity contribution in [1.82, 2.24) is 9.80 Å². The Morgan fingerprint density at radius 2 is 1.71 bits per heavy atom. The molecule has 1 unspecified atom stereocenters. The summed E-state index contributed by atoms with van der Waals surface area (Å²) in [6.45, 7) is 17.9. The second-order valence-electron chi connectivity index (χ2n) is 6.09. The third kappa shape index (κ3) is 5.36. The van der Waals surface area contributed by atoms with Gasteiger partial charge in [0.25, 0.3) is 0 Å². The van der Waals surface area contributed by atoms with Gasteiger partial charge in [-0.2, -0.15) is 0 Å². The smallest absolute Gasteiger partial charge is 0.0597 e. The minimum Gasteiger partial charge on any atom is -0.377 e. The van der Waals surface area contributed by atoms with Gasteiger partial charge >= 0.3 is 0 Å². The zero-order valence-electron chi connectivity index (χ0n) is 12.3. The van der Waals surface area contributed by atoms with Crippen LogP contribution < -0.4 is 0 Å². The van der Waals surface area contributed by atoms with Crippen molar-refractivity contribution in [2.45, 2.75) is 52.7 Å². The molecule has 0 aromatic rings. The molecule has 1 atom stereocenters. The van der Waals surface area contributed by atoms with Gasteiger partial charge in [0, 0.05) is 38.3 Å². The summed E-state index contributed by atoms with van der Waals surface area (Å²) in [5.74, 6) is 0. The molecule has 0 bridgehead atoms. The molecular weight excluding hydrogens is 212 g/mol. The van der Waals surface area contributed by atoms with E-state index < -0.39 is 0 Å². The van der Waals surface area contributed by atoms with Crippen molar-refractivity contribution in [2.75, 3.05) is 39.3 Å². The maximum atomic E-state index is 5.73. The Morgan fingerprint density at radius 1 is 1.12 bits per heavy atom. The summed E-state index contributed by atoms with van der Waals surface area (Å²) >= 11 is 0. The highest BCUT2D eigenvalue weighted by Crippen LogP contribution is 2.15. The fraction of sp³-hybridized carbons (Fsp3) is 1.00. The van der Waals surface area contributed by atoms with Gasteiger partial charge in [0.2, 0.25) is 0 Å². The highest BCUT2D eigenvalue weighted by Gasteiger charge is 2.25. The van der Waals surface area contributed by atoms with Crippen molar-refractivity contribution in [1.29, 1.82) is 0 Å². The molecule has 3 heteroatoms. The van der Waals surface area contributed by atoms with Crippen LogP contribution >= 0.6 is 0 Å².